The number of hydrogen-bond donors (Lipinski definition) is 0. The minimum absolute atomic E-state index is 0.254. The molecule has 0 radical (unpaired) electrons. The SMILES string of the molecule is CC(C)(C)C(=O)CCc1cc(Br)cc2c1OCC2. The number of fused-ring (bicyclic) bond motifs is 1. The molecular weight excluding hydrogens is 292 g/mol. The van der Waals surface area contributed by atoms with Gasteiger partial charge in [-0.2, -0.15) is 0 Å². The van der Waals surface area contributed by atoms with Crippen molar-refractivity contribution in [3.05, 3.63) is 27.7 Å². The highest BCUT2D eigenvalue weighted by Gasteiger charge is 2.22. The first-order chi connectivity index (χ1) is 8.38. The molecule has 98 valence electrons. The van der Waals surface area contributed by atoms with E-state index in [0.717, 1.165) is 35.2 Å². The zero-order valence-electron chi connectivity index (χ0n) is 11.2. The molecule has 2 nitrogen and oxygen atoms in total. The van der Waals surface area contributed by atoms with Crippen LogP contribution in [0.3, 0.4) is 0 Å². The van der Waals surface area contributed by atoms with E-state index < -0.39 is 0 Å². The molecule has 0 bridgehead atoms. The van der Waals surface area contributed by atoms with Gasteiger partial charge in [-0.25, -0.2) is 0 Å². The Balaban J connectivity index is 2.13. The van der Waals surface area contributed by atoms with Crippen LogP contribution < -0.4 is 4.74 Å². The van der Waals surface area contributed by atoms with Gasteiger partial charge >= 0.3 is 0 Å². The van der Waals surface area contributed by atoms with Crippen LogP contribution >= 0.6 is 15.9 Å². The molecule has 1 heterocycles. The quantitative estimate of drug-likeness (QED) is 0.845. The maximum Gasteiger partial charge on any atom is 0.138 e. The van der Waals surface area contributed by atoms with Crippen LogP contribution in [-0.4, -0.2) is 12.4 Å². The zero-order chi connectivity index (χ0) is 13.3. The average molecular weight is 311 g/mol. The van der Waals surface area contributed by atoms with Crippen molar-refractivity contribution in [1.29, 1.82) is 0 Å². The molecule has 0 saturated heterocycles. The van der Waals surface area contributed by atoms with Gasteiger partial charge in [-0.1, -0.05) is 36.7 Å². The van der Waals surface area contributed by atoms with Crippen LogP contribution in [0, 0.1) is 5.41 Å². The summed E-state index contributed by atoms with van der Waals surface area (Å²) in [7, 11) is 0. The molecular formula is C15H19BrO2. The molecule has 0 aliphatic carbocycles. The molecule has 0 aromatic heterocycles. The third kappa shape index (κ3) is 2.94. The van der Waals surface area contributed by atoms with Crippen molar-refractivity contribution < 1.29 is 9.53 Å². The van der Waals surface area contributed by atoms with E-state index >= 15 is 0 Å². The highest BCUT2D eigenvalue weighted by Crippen LogP contribution is 2.34. The summed E-state index contributed by atoms with van der Waals surface area (Å²) in [6.45, 7) is 6.66. The van der Waals surface area contributed by atoms with Crippen LogP contribution in [0.1, 0.15) is 38.3 Å². The van der Waals surface area contributed by atoms with E-state index in [4.69, 9.17) is 4.74 Å². The first kappa shape index (κ1) is 13.6. The van der Waals surface area contributed by atoms with Crippen LogP contribution in [0.15, 0.2) is 16.6 Å². The number of aryl methyl sites for hydroxylation is 1. The van der Waals surface area contributed by atoms with Crippen molar-refractivity contribution >= 4 is 21.7 Å². The normalized spacial score (nSPS) is 14.2. The van der Waals surface area contributed by atoms with Gasteiger partial charge in [0.1, 0.15) is 11.5 Å². The monoisotopic (exact) mass is 310 g/mol. The highest BCUT2D eigenvalue weighted by atomic mass is 79.9. The van der Waals surface area contributed by atoms with E-state index in [1.54, 1.807) is 0 Å². The van der Waals surface area contributed by atoms with Crippen molar-refractivity contribution in [2.75, 3.05) is 6.61 Å². The summed E-state index contributed by atoms with van der Waals surface area (Å²) in [6.07, 6.45) is 2.31. The lowest BCUT2D eigenvalue weighted by Gasteiger charge is -2.17. The summed E-state index contributed by atoms with van der Waals surface area (Å²) >= 11 is 3.52. The topological polar surface area (TPSA) is 26.3 Å². The van der Waals surface area contributed by atoms with Crippen LogP contribution in [0.5, 0.6) is 5.75 Å². The second-order valence-electron chi connectivity index (χ2n) is 5.82. The largest absolute Gasteiger partial charge is 0.493 e. The van der Waals surface area contributed by atoms with E-state index in [0.29, 0.717) is 12.2 Å². The van der Waals surface area contributed by atoms with E-state index in [1.165, 1.54) is 5.56 Å². The minimum atomic E-state index is -0.254. The van der Waals surface area contributed by atoms with E-state index in [-0.39, 0.29) is 5.41 Å². The number of ketones is 1. The highest BCUT2D eigenvalue weighted by molar-refractivity contribution is 9.10. The lowest BCUT2D eigenvalue weighted by molar-refractivity contribution is -0.126. The number of ether oxygens (including phenoxy) is 1. The van der Waals surface area contributed by atoms with Gasteiger partial charge in [0.25, 0.3) is 0 Å². The molecule has 0 N–H and O–H groups in total. The molecule has 3 heteroatoms. The number of hydrogen-bond acceptors (Lipinski definition) is 2. The molecule has 0 saturated carbocycles. The van der Waals surface area contributed by atoms with Crippen molar-refractivity contribution in [1.82, 2.24) is 0 Å². The lowest BCUT2D eigenvalue weighted by atomic mass is 9.87. The Kier molecular flexibility index (Phi) is 3.81. The Bertz CT molecular complexity index is 472. The minimum Gasteiger partial charge on any atom is -0.493 e. The third-order valence-corrected chi connectivity index (χ3v) is 3.74. The first-order valence-electron chi connectivity index (χ1n) is 6.35. The molecule has 18 heavy (non-hydrogen) atoms. The molecule has 1 aliphatic rings. The fraction of sp³-hybridized carbons (Fsp3) is 0.533. The summed E-state index contributed by atoms with van der Waals surface area (Å²) in [5.41, 5.74) is 2.15. The first-order valence-corrected chi connectivity index (χ1v) is 7.14. The summed E-state index contributed by atoms with van der Waals surface area (Å²) in [4.78, 5) is 12.0. The Morgan fingerprint density at radius 2 is 2.11 bits per heavy atom. The van der Waals surface area contributed by atoms with Gasteiger partial charge in [0.05, 0.1) is 6.61 Å². The summed E-state index contributed by atoms with van der Waals surface area (Å²) in [5, 5.41) is 0. The smallest absolute Gasteiger partial charge is 0.138 e. The Morgan fingerprint density at radius 1 is 1.39 bits per heavy atom. The molecule has 0 amide bonds. The average Bonchev–Trinajstić information content (AvgIpc) is 2.71. The van der Waals surface area contributed by atoms with Gasteiger partial charge in [0.15, 0.2) is 0 Å². The molecule has 1 aromatic rings. The van der Waals surface area contributed by atoms with Gasteiger partial charge < -0.3 is 4.74 Å². The fourth-order valence-corrected chi connectivity index (χ4v) is 2.71. The molecule has 0 atom stereocenters. The molecule has 1 aromatic carbocycles. The van der Waals surface area contributed by atoms with Gasteiger partial charge in [-0.15, -0.1) is 0 Å². The number of rotatable bonds is 3. The summed E-state index contributed by atoms with van der Waals surface area (Å²) in [5.74, 6) is 1.30. The lowest BCUT2D eigenvalue weighted by Crippen LogP contribution is -2.20. The summed E-state index contributed by atoms with van der Waals surface area (Å²) in [6, 6.07) is 4.18. The van der Waals surface area contributed by atoms with E-state index in [9.17, 15) is 4.79 Å². The number of halogens is 1. The molecule has 0 fully saturated rings. The Hall–Kier alpha value is -0.830. The molecule has 0 unspecified atom stereocenters. The molecule has 1 aliphatic heterocycles. The zero-order valence-corrected chi connectivity index (χ0v) is 12.8. The van der Waals surface area contributed by atoms with Gasteiger partial charge in [0, 0.05) is 22.7 Å². The van der Waals surface area contributed by atoms with Crippen LogP contribution in [-0.2, 0) is 17.6 Å². The maximum atomic E-state index is 12.0. The Labute approximate surface area is 117 Å². The van der Waals surface area contributed by atoms with Crippen LogP contribution in [0.2, 0.25) is 0 Å². The van der Waals surface area contributed by atoms with Gasteiger partial charge in [-0.05, 0) is 29.7 Å². The Morgan fingerprint density at radius 3 is 2.78 bits per heavy atom. The van der Waals surface area contributed by atoms with Crippen molar-refractivity contribution in [2.24, 2.45) is 5.41 Å². The number of carbonyl (C=O) groups is 1. The van der Waals surface area contributed by atoms with Crippen LogP contribution in [0.25, 0.3) is 0 Å². The second kappa shape index (κ2) is 5.04. The van der Waals surface area contributed by atoms with Crippen LogP contribution in [0.4, 0.5) is 0 Å². The maximum absolute atomic E-state index is 12.0. The van der Waals surface area contributed by atoms with Gasteiger partial charge in [-0.3, -0.25) is 4.79 Å². The third-order valence-electron chi connectivity index (χ3n) is 3.28. The number of carbonyl (C=O) groups excluding carboxylic acids is 1. The predicted octanol–water partition coefficient (Wildman–Crippen LogP) is 3.93. The summed E-state index contributed by atoms with van der Waals surface area (Å²) < 4.78 is 6.74. The van der Waals surface area contributed by atoms with E-state index in [1.807, 2.05) is 20.8 Å². The standard InChI is InChI=1S/C15H19BrO2/c1-15(2,3)13(17)5-4-10-8-12(16)9-11-6-7-18-14(10)11/h8-9H,4-7H2,1-3H3. The van der Waals surface area contributed by atoms with Gasteiger partial charge in [0.2, 0.25) is 0 Å². The van der Waals surface area contributed by atoms with Crippen molar-refractivity contribution in [2.45, 2.75) is 40.0 Å². The predicted molar refractivity (Wildman–Crippen MR) is 76.1 cm³/mol. The van der Waals surface area contributed by atoms with E-state index in [2.05, 4.69) is 28.1 Å². The molecule has 0 spiro atoms. The van der Waals surface area contributed by atoms with Crippen molar-refractivity contribution in [3.8, 4) is 5.75 Å². The molecule has 2 rings (SSSR count). The van der Waals surface area contributed by atoms with Crippen molar-refractivity contribution in [3.63, 3.8) is 0 Å². The number of benzene rings is 1. The number of Topliss-reactive ketones (excluding diaryl/α,β-unsaturated/α-hetero) is 1. The fourth-order valence-electron chi connectivity index (χ4n) is 2.15. The second-order valence-corrected chi connectivity index (χ2v) is 6.74.